The Bertz CT molecular complexity index is 200. The van der Waals surface area contributed by atoms with E-state index in [0.29, 0.717) is 0 Å². The summed E-state index contributed by atoms with van der Waals surface area (Å²) in [5.41, 5.74) is -0.528. The SMILES string of the molecule is CCCCCCCCCCCCC(C)(O)C(C)(C)C. The molecule has 0 aliphatic carbocycles. The fourth-order valence-electron chi connectivity index (χ4n) is 2.33. The van der Waals surface area contributed by atoms with Crippen LogP contribution in [0.25, 0.3) is 0 Å². The molecule has 0 heterocycles. The first-order valence-corrected chi connectivity index (χ1v) is 8.53. The van der Waals surface area contributed by atoms with Gasteiger partial charge in [0.15, 0.2) is 0 Å². The number of hydrogen-bond donors (Lipinski definition) is 1. The van der Waals surface area contributed by atoms with Crippen molar-refractivity contribution in [2.45, 2.75) is 111 Å². The Morgan fingerprint density at radius 2 is 1.00 bits per heavy atom. The van der Waals surface area contributed by atoms with Crippen LogP contribution in [0.15, 0.2) is 0 Å². The molecule has 0 amide bonds. The Hall–Kier alpha value is -0.0400. The van der Waals surface area contributed by atoms with Crippen molar-refractivity contribution in [3.05, 3.63) is 0 Å². The van der Waals surface area contributed by atoms with Gasteiger partial charge in [0.1, 0.15) is 0 Å². The maximum absolute atomic E-state index is 10.4. The minimum Gasteiger partial charge on any atom is -0.390 e. The molecule has 1 N–H and O–H groups in total. The average molecular weight is 271 g/mol. The summed E-state index contributed by atoms with van der Waals surface area (Å²) in [6.45, 7) is 10.6. The zero-order valence-electron chi connectivity index (χ0n) is 14.2. The van der Waals surface area contributed by atoms with Crippen molar-refractivity contribution in [1.29, 1.82) is 0 Å². The molecule has 1 heteroatoms. The third-order valence-electron chi connectivity index (χ3n) is 4.63. The molecule has 0 aliphatic rings. The van der Waals surface area contributed by atoms with Gasteiger partial charge in [0, 0.05) is 0 Å². The first-order chi connectivity index (χ1) is 8.81. The summed E-state index contributed by atoms with van der Waals surface area (Å²) in [5, 5.41) is 10.4. The van der Waals surface area contributed by atoms with E-state index in [1.54, 1.807) is 0 Å². The molecule has 19 heavy (non-hydrogen) atoms. The molecule has 0 aromatic rings. The Labute approximate surface area is 122 Å². The van der Waals surface area contributed by atoms with Crippen LogP contribution >= 0.6 is 0 Å². The fraction of sp³-hybridized carbons (Fsp3) is 1.00. The lowest BCUT2D eigenvalue weighted by Crippen LogP contribution is -2.39. The summed E-state index contributed by atoms with van der Waals surface area (Å²) in [6.07, 6.45) is 14.5. The number of hydrogen-bond acceptors (Lipinski definition) is 1. The molecule has 1 unspecified atom stereocenters. The van der Waals surface area contributed by atoms with Crippen LogP contribution in [0.5, 0.6) is 0 Å². The van der Waals surface area contributed by atoms with Crippen molar-refractivity contribution in [2.75, 3.05) is 0 Å². The molecule has 0 radical (unpaired) electrons. The molecular formula is C18H38O. The second kappa shape index (κ2) is 9.80. The van der Waals surface area contributed by atoms with Crippen LogP contribution in [0.1, 0.15) is 105 Å². The third-order valence-corrected chi connectivity index (χ3v) is 4.63. The Kier molecular flexibility index (Phi) is 9.78. The van der Waals surface area contributed by atoms with E-state index in [-0.39, 0.29) is 5.41 Å². The zero-order chi connectivity index (χ0) is 14.8. The Morgan fingerprint density at radius 1 is 0.632 bits per heavy atom. The van der Waals surface area contributed by atoms with Crippen LogP contribution in [0.4, 0.5) is 0 Å². The maximum Gasteiger partial charge on any atom is 0.0667 e. The highest BCUT2D eigenvalue weighted by atomic mass is 16.3. The maximum atomic E-state index is 10.4. The second-order valence-electron chi connectivity index (χ2n) is 7.46. The lowest BCUT2D eigenvalue weighted by atomic mass is 9.75. The molecule has 0 saturated carbocycles. The van der Waals surface area contributed by atoms with E-state index in [1.807, 2.05) is 6.92 Å². The average Bonchev–Trinajstić information content (AvgIpc) is 2.30. The summed E-state index contributed by atoms with van der Waals surface area (Å²) in [7, 11) is 0. The van der Waals surface area contributed by atoms with Crippen LogP contribution in [0, 0.1) is 5.41 Å². The Morgan fingerprint density at radius 3 is 1.37 bits per heavy atom. The van der Waals surface area contributed by atoms with Crippen molar-refractivity contribution in [2.24, 2.45) is 5.41 Å². The topological polar surface area (TPSA) is 20.2 Å². The van der Waals surface area contributed by atoms with Gasteiger partial charge in [-0.05, 0) is 18.8 Å². The fourth-order valence-corrected chi connectivity index (χ4v) is 2.33. The molecule has 0 rings (SSSR count). The first kappa shape index (κ1) is 19.0. The summed E-state index contributed by atoms with van der Waals surface area (Å²) in [4.78, 5) is 0. The van der Waals surface area contributed by atoms with Crippen molar-refractivity contribution >= 4 is 0 Å². The van der Waals surface area contributed by atoms with Crippen LogP contribution in [-0.2, 0) is 0 Å². The highest BCUT2D eigenvalue weighted by Crippen LogP contribution is 2.34. The van der Waals surface area contributed by atoms with Gasteiger partial charge in [0.05, 0.1) is 5.60 Å². The van der Waals surface area contributed by atoms with E-state index in [0.717, 1.165) is 6.42 Å². The lowest BCUT2D eigenvalue weighted by molar-refractivity contribution is -0.0496. The van der Waals surface area contributed by atoms with Gasteiger partial charge in [0.2, 0.25) is 0 Å². The molecular weight excluding hydrogens is 232 g/mol. The summed E-state index contributed by atoms with van der Waals surface area (Å²) in [6, 6.07) is 0. The number of rotatable bonds is 11. The van der Waals surface area contributed by atoms with Crippen LogP contribution < -0.4 is 0 Å². The highest BCUT2D eigenvalue weighted by molar-refractivity contribution is 4.85. The molecule has 0 aliphatic heterocycles. The van der Waals surface area contributed by atoms with Crippen LogP contribution in [0.3, 0.4) is 0 Å². The smallest absolute Gasteiger partial charge is 0.0667 e. The largest absolute Gasteiger partial charge is 0.390 e. The quantitative estimate of drug-likeness (QED) is 0.450. The molecule has 1 nitrogen and oxygen atoms in total. The van der Waals surface area contributed by atoms with Gasteiger partial charge < -0.3 is 5.11 Å². The zero-order valence-corrected chi connectivity index (χ0v) is 14.2. The van der Waals surface area contributed by atoms with Crippen LogP contribution in [-0.4, -0.2) is 10.7 Å². The van der Waals surface area contributed by atoms with E-state index in [2.05, 4.69) is 27.7 Å². The normalized spacial score (nSPS) is 15.5. The van der Waals surface area contributed by atoms with Gasteiger partial charge >= 0.3 is 0 Å². The summed E-state index contributed by atoms with van der Waals surface area (Å²) >= 11 is 0. The van der Waals surface area contributed by atoms with Crippen molar-refractivity contribution in [3.8, 4) is 0 Å². The number of aliphatic hydroxyl groups is 1. The predicted octanol–water partition coefficient (Wildman–Crippen LogP) is 6.09. The summed E-state index contributed by atoms with van der Waals surface area (Å²) < 4.78 is 0. The minimum absolute atomic E-state index is 0.00766. The summed E-state index contributed by atoms with van der Waals surface area (Å²) in [5.74, 6) is 0. The lowest BCUT2D eigenvalue weighted by Gasteiger charge is -2.37. The molecule has 116 valence electrons. The van der Waals surface area contributed by atoms with E-state index in [9.17, 15) is 5.11 Å². The molecule has 1 atom stereocenters. The van der Waals surface area contributed by atoms with Gasteiger partial charge in [-0.15, -0.1) is 0 Å². The van der Waals surface area contributed by atoms with Gasteiger partial charge in [-0.25, -0.2) is 0 Å². The molecule has 0 bridgehead atoms. The standard InChI is InChI=1S/C18H38O/c1-6-7-8-9-10-11-12-13-14-15-16-18(5,19)17(2,3)4/h19H,6-16H2,1-5H3. The van der Waals surface area contributed by atoms with Crippen molar-refractivity contribution in [3.63, 3.8) is 0 Å². The van der Waals surface area contributed by atoms with Crippen LogP contribution in [0.2, 0.25) is 0 Å². The van der Waals surface area contributed by atoms with E-state index in [4.69, 9.17) is 0 Å². The minimum atomic E-state index is -0.521. The number of unbranched alkanes of at least 4 members (excludes halogenated alkanes) is 9. The molecule has 0 fully saturated rings. The highest BCUT2D eigenvalue weighted by Gasteiger charge is 2.34. The van der Waals surface area contributed by atoms with Gasteiger partial charge in [0.25, 0.3) is 0 Å². The first-order valence-electron chi connectivity index (χ1n) is 8.53. The molecule has 0 spiro atoms. The molecule has 0 aromatic heterocycles. The van der Waals surface area contributed by atoms with Gasteiger partial charge in [-0.2, -0.15) is 0 Å². The predicted molar refractivity (Wildman–Crippen MR) is 86.5 cm³/mol. The van der Waals surface area contributed by atoms with E-state index >= 15 is 0 Å². The second-order valence-corrected chi connectivity index (χ2v) is 7.46. The third kappa shape index (κ3) is 9.49. The van der Waals surface area contributed by atoms with Gasteiger partial charge in [-0.1, -0.05) is 91.9 Å². The monoisotopic (exact) mass is 270 g/mol. The van der Waals surface area contributed by atoms with Crippen molar-refractivity contribution < 1.29 is 5.11 Å². The molecule has 0 saturated heterocycles. The van der Waals surface area contributed by atoms with Crippen molar-refractivity contribution in [1.82, 2.24) is 0 Å². The van der Waals surface area contributed by atoms with E-state index < -0.39 is 5.60 Å². The molecule has 0 aromatic carbocycles. The Balaban J connectivity index is 3.37. The van der Waals surface area contributed by atoms with Gasteiger partial charge in [-0.3, -0.25) is 0 Å². The van der Waals surface area contributed by atoms with E-state index in [1.165, 1.54) is 64.2 Å².